The van der Waals surface area contributed by atoms with E-state index in [1.165, 1.54) is 5.56 Å². The zero-order valence-corrected chi connectivity index (χ0v) is 10.1. The lowest BCUT2D eigenvalue weighted by atomic mass is 10.1. The van der Waals surface area contributed by atoms with Crippen molar-refractivity contribution in [2.75, 3.05) is 6.54 Å². The summed E-state index contributed by atoms with van der Waals surface area (Å²) in [7, 11) is 0. The Morgan fingerprint density at radius 3 is 2.88 bits per heavy atom. The minimum atomic E-state index is 0.0294. The first-order valence-corrected chi connectivity index (χ1v) is 5.49. The lowest BCUT2D eigenvalue weighted by Crippen LogP contribution is -2.37. The van der Waals surface area contributed by atoms with Gasteiger partial charge in [-0.3, -0.25) is 9.78 Å². The molecule has 1 aromatic heterocycles. The fraction of sp³-hybridized carbons (Fsp3) is 0.500. The molecule has 0 radical (unpaired) electrons. The SMILES string of the molecule is Cc1cnccc1CNCC(=O)NC(C)C. The van der Waals surface area contributed by atoms with Gasteiger partial charge in [0, 0.05) is 25.0 Å². The molecule has 0 bridgehead atoms. The smallest absolute Gasteiger partial charge is 0.234 e. The average Bonchev–Trinajstić information content (AvgIpc) is 2.19. The van der Waals surface area contributed by atoms with Gasteiger partial charge in [-0.15, -0.1) is 0 Å². The highest BCUT2D eigenvalue weighted by Gasteiger charge is 2.03. The van der Waals surface area contributed by atoms with Crippen molar-refractivity contribution < 1.29 is 4.79 Å². The number of carbonyl (C=O) groups excluding carboxylic acids is 1. The molecule has 1 aromatic rings. The summed E-state index contributed by atoms with van der Waals surface area (Å²) in [5.74, 6) is 0.0294. The maximum Gasteiger partial charge on any atom is 0.234 e. The van der Waals surface area contributed by atoms with E-state index in [0.717, 1.165) is 5.56 Å². The number of amides is 1. The maximum absolute atomic E-state index is 11.3. The summed E-state index contributed by atoms with van der Waals surface area (Å²) in [5.41, 5.74) is 2.31. The standard InChI is InChI=1S/C12H19N3O/c1-9(2)15-12(16)8-14-7-11-4-5-13-6-10(11)3/h4-6,9,14H,7-8H2,1-3H3,(H,15,16). The molecule has 0 atom stereocenters. The lowest BCUT2D eigenvalue weighted by molar-refractivity contribution is -0.120. The zero-order chi connectivity index (χ0) is 12.0. The molecule has 1 heterocycles. The topological polar surface area (TPSA) is 54.0 Å². The van der Waals surface area contributed by atoms with Crippen LogP contribution in [0.4, 0.5) is 0 Å². The van der Waals surface area contributed by atoms with E-state index < -0.39 is 0 Å². The molecule has 4 nitrogen and oxygen atoms in total. The number of aryl methyl sites for hydroxylation is 1. The molecule has 88 valence electrons. The Hall–Kier alpha value is -1.42. The molecule has 0 aliphatic heterocycles. The second kappa shape index (κ2) is 6.23. The van der Waals surface area contributed by atoms with Gasteiger partial charge in [0.2, 0.25) is 5.91 Å². The Labute approximate surface area is 96.5 Å². The van der Waals surface area contributed by atoms with Crippen molar-refractivity contribution >= 4 is 5.91 Å². The molecular formula is C12H19N3O. The van der Waals surface area contributed by atoms with E-state index in [0.29, 0.717) is 13.1 Å². The van der Waals surface area contributed by atoms with Crippen molar-refractivity contribution in [3.63, 3.8) is 0 Å². The molecule has 0 aromatic carbocycles. The van der Waals surface area contributed by atoms with Crippen LogP contribution in [0.1, 0.15) is 25.0 Å². The highest BCUT2D eigenvalue weighted by molar-refractivity contribution is 5.78. The van der Waals surface area contributed by atoms with E-state index in [2.05, 4.69) is 15.6 Å². The summed E-state index contributed by atoms with van der Waals surface area (Å²) in [6.07, 6.45) is 3.59. The number of hydrogen-bond acceptors (Lipinski definition) is 3. The number of rotatable bonds is 5. The van der Waals surface area contributed by atoms with E-state index in [1.807, 2.05) is 33.0 Å². The number of hydrogen-bond donors (Lipinski definition) is 2. The largest absolute Gasteiger partial charge is 0.353 e. The molecule has 1 rings (SSSR count). The Bertz CT molecular complexity index is 350. The van der Waals surface area contributed by atoms with E-state index in [-0.39, 0.29) is 11.9 Å². The van der Waals surface area contributed by atoms with Crippen LogP contribution in [0.2, 0.25) is 0 Å². The van der Waals surface area contributed by atoms with Gasteiger partial charge in [-0.2, -0.15) is 0 Å². The maximum atomic E-state index is 11.3. The van der Waals surface area contributed by atoms with Crippen LogP contribution in [0.3, 0.4) is 0 Å². The van der Waals surface area contributed by atoms with Crippen molar-refractivity contribution in [3.05, 3.63) is 29.6 Å². The molecule has 0 aliphatic rings. The van der Waals surface area contributed by atoms with Gasteiger partial charge in [0.05, 0.1) is 6.54 Å². The molecule has 0 saturated carbocycles. The summed E-state index contributed by atoms with van der Waals surface area (Å²) >= 11 is 0. The van der Waals surface area contributed by atoms with E-state index in [9.17, 15) is 4.79 Å². The van der Waals surface area contributed by atoms with Gasteiger partial charge >= 0.3 is 0 Å². The second-order valence-corrected chi connectivity index (χ2v) is 4.13. The minimum Gasteiger partial charge on any atom is -0.353 e. The molecule has 0 saturated heterocycles. The summed E-state index contributed by atoms with van der Waals surface area (Å²) in [5, 5.41) is 5.94. The fourth-order valence-corrected chi connectivity index (χ4v) is 1.38. The fourth-order valence-electron chi connectivity index (χ4n) is 1.38. The molecule has 0 fully saturated rings. The summed E-state index contributed by atoms with van der Waals surface area (Å²) in [6.45, 7) is 6.95. The normalized spacial score (nSPS) is 10.5. The zero-order valence-electron chi connectivity index (χ0n) is 10.1. The van der Waals surface area contributed by atoms with E-state index in [4.69, 9.17) is 0 Å². The van der Waals surface area contributed by atoms with Gasteiger partial charge in [0.25, 0.3) is 0 Å². The van der Waals surface area contributed by atoms with Gasteiger partial charge in [0.1, 0.15) is 0 Å². The van der Waals surface area contributed by atoms with E-state index >= 15 is 0 Å². The molecule has 0 spiro atoms. The van der Waals surface area contributed by atoms with Crippen LogP contribution in [0.25, 0.3) is 0 Å². The quantitative estimate of drug-likeness (QED) is 0.780. The van der Waals surface area contributed by atoms with Crippen LogP contribution in [-0.2, 0) is 11.3 Å². The van der Waals surface area contributed by atoms with Crippen LogP contribution < -0.4 is 10.6 Å². The van der Waals surface area contributed by atoms with E-state index in [1.54, 1.807) is 6.20 Å². The molecule has 16 heavy (non-hydrogen) atoms. The van der Waals surface area contributed by atoms with Crippen molar-refractivity contribution in [1.29, 1.82) is 0 Å². The molecule has 2 N–H and O–H groups in total. The lowest BCUT2D eigenvalue weighted by Gasteiger charge is -2.10. The number of pyridine rings is 1. The first-order chi connectivity index (χ1) is 7.59. The van der Waals surface area contributed by atoms with Gasteiger partial charge in [-0.1, -0.05) is 0 Å². The Kier molecular flexibility index (Phi) is 4.92. The van der Waals surface area contributed by atoms with Crippen molar-refractivity contribution in [2.45, 2.75) is 33.4 Å². The monoisotopic (exact) mass is 221 g/mol. The predicted molar refractivity (Wildman–Crippen MR) is 64.0 cm³/mol. The molecule has 4 heteroatoms. The van der Waals surface area contributed by atoms with Gasteiger partial charge in [0.15, 0.2) is 0 Å². The number of nitrogens with zero attached hydrogens (tertiary/aromatic N) is 1. The van der Waals surface area contributed by atoms with Crippen LogP contribution in [0.15, 0.2) is 18.5 Å². The summed E-state index contributed by atoms with van der Waals surface area (Å²) < 4.78 is 0. The van der Waals surface area contributed by atoms with Gasteiger partial charge in [-0.25, -0.2) is 0 Å². The highest BCUT2D eigenvalue weighted by atomic mass is 16.1. The number of aromatic nitrogens is 1. The van der Waals surface area contributed by atoms with Crippen molar-refractivity contribution in [1.82, 2.24) is 15.6 Å². The molecule has 0 aliphatic carbocycles. The third kappa shape index (κ3) is 4.40. The number of carbonyl (C=O) groups is 1. The highest BCUT2D eigenvalue weighted by Crippen LogP contribution is 2.03. The molecule has 0 unspecified atom stereocenters. The average molecular weight is 221 g/mol. The second-order valence-electron chi connectivity index (χ2n) is 4.13. The van der Waals surface area contributed by atoms with Crippen LogP contribution in [-0.4, -0.2) is 23.5 Å². The van der Waals surface area contributed by atoms with Gasteiger partial charge < -0.3 is 10.6 Å². The third-order valence-corrected chi connectivity index (χ3v) is 2.19. The third-order valence-electron chi connectivity index (χ3n) is 2.19. The van der Waals surface area contributed by atoms with Gasteiger partial charge in [-0.05, 0) is 38.0 Å². The first-order valence-electron chi connectivity index (χ1n) is 5.49. The number of nitrogens with one attached hydrogen (secondary N) is 2. The van der Waals surface area contributed by atoms with Crippen molar-refractivity contribution in [2.24, 2.45) is 0 Å². The minimum absolute atomic E-state index is 0.0294. The summed E-state index contributed by atoms with van der Waals surface area (Å²) in [4.78, 5) is 15.4. The Balaban J connectivity index is 2.31. The molecule has 1 amide bonds. The van der Waals surface area contributed by atoms with Crippen LogP contribution in [0, 0.1) is 6.92 Å². The summed E-state index contributed by atoms with van der Waals surface area (Å²) in [6, 6.07) is 2.15. The first kappa shape index (κ1) is 12.6. The Morgan fingerprint density at radius 1 is 1.50 bits per heavy atom. The van der Waals surface area contributed by atoms with Crippen LogP contribution in [0.5, 0.6) is 0 Å². The molecular weight excluding hydrogens is 202 g/mol. The van der Waals surface area contributed by atoms with Crippen molar-refractivity contribution in [3.8, 4) is 0 Å². The predicted octanol–water partition coefficient (Wildman–Crippen LogP) is 1.00. The van der Waals surface area contributed by atoms with Crippen LogP contribution >= 0.6 is 0 Å². The Morgan fingerprint density at radius 2 is 2.25 bits per heavy atom.